The van der Waals surface area contributed by atoms with Gasteiger partial charge in [-0.3, -0.25) is 0 Å². The molecule has 3 heteroatoms. The first-order chi connectivity index (χ1) is 31.2. The summed E-state index contributed by atoms with van der Waals surface area (Å²) in [4.78, 5) is 4.67. The van der Waals surface area contributed by atoms with Crippen molar-refractivity contribution in [2.75, 3.05) is 15.1 Å². The molecule has 12 rings (SSSR count). The van der Waals surface area contributed by atoms with Crippen molar-refractivity contribution in [1.82, 2.24) is 0 Å². The van der Waals surface area contributed by atoms with Crippen LogP contribution in [0.15, 0.2) is 243 Å². The van der Waals surface area contributed by atoms with Gasteiger partial charge in [0.15, 0.2) is 0 Å². The van der Waals surface area contributed by atoms with Crippen LogP contribution in [0.1, 0.15) is 0 Å². The van der Waals surface area contributed by atoms with Gasteiger partial charge < -0.3 is 15.1 Å². The molecule has 0 saturated carbocycles. The van der Waals surface area contributed by atoms with Crippen molar-refractivity contribution in [2.45, 2.75) is 0 Å². The number of nitrogens with one attached hydrogen (secondary N) is 1. The average Bonchev–Trinajstić information content (AvgIpc) is 3.35. The average molecular weight is 804 g/mol. The molecular formula is C60H41N3. The van der Waals surface area contributed by atoms with Crippen molar-refractivity contribution in [3.8, 4) is 33.4 Å². The van der Waals surface area contributed by atoms with Crippen LogP contribution in [0.4, 0.5) is 45.5 Å². The van der Waals surface area contributed by atoms with Crippen molar-refractivity contribution in [3.05, 3.63) is 243 Å². The molecule has 0 atom stereocenters. The van der Waals surface area contributed by atoms with Crippen LogP contribution in [0.3, 0.4) is 0 Å². The molecule has 0 amide bonds. The lowest BCUT2D eigenvalue weighted by molar-refractivity contribution is 1.29. The molecule has 1 aliphatic heterocycles. The van der Waals surface area contributed by atoms with Crippen LogP contribution < -0.4 is 15.1 Å². The van der Waals surface area contributed by atoms with Crippen LogP contribution in [0.5, 0.6) is 0 Å². The van der Waals surface area contributed by atoms with Gasteiger partial charge in [0.2, 0.25) is 0 Å². The second-order valence-corrected chi connectivity index (χ2v) is 16.3. The minimum Gasteiger partial charge on any atom is -0.354 e. The summed E-state index contributed by atoms with van der Waals surface area (Å²) in [5.41, 5.74) is 16.2. The Morgan fingerprint density at radius 1 is 0.254 bits per heavy atom. The Morgan fingerprint density at radius 2 is 0.714 bits per heavy atom. The number of anilines is 8. The molecule has 11 aromatic rings. The van der Waals surface area contributed by atoms with Crippen molar-refractivity contribution in [1.29, 1.82) is 0 Å². The first-order valence-corrected chi connectivity index (χ1v) is 21.6. The van der Waals surface area contributed by atoms with E-state index in [1.807, 2.05) is 0 Å². The Hall–Kier alpha value is -8.40. The molecule has 1 aliphatic rings. The summed E-state index contributed by atoms with van der Waals surface area (Å²) in [6, 6.07) is 87.7. The lowest BCUT2D eigenvalue weighted by atomic mass is 9.87. The SMILES string of the molecule is c1ccc(N(c2ccc(-c3ccc4c(c3)Nc3cccc5c(-c6ccc(N(c7ccccc7)c7ccc8ccccc8c7)cc6)ccc-4c35)cc2)c2ccc3ccccc3c2)cc1. The molecule has 0 unspecified atom stereocenters. The first kappa shape index (κ1) is 36.5. The third kappa shape index (κ3) is 6.55. The minimum atomic E-state index is 1.11. The van der Waals surface area contributed by atoms with Gasteiger partial charge in [-0.1, -0.05) is 158 Å². The molecule has 296 valence electrons. The van der Waals surface area contributed by atoms with E-state index in [0.29, 0.717) is 0 Å². The summed E-state index contributed by atoms with van der Waals surface area (Å²) in [5.74, 6) is 0. The molecule has 1 N–H and O–H groups in total. The molecule has 3 nitrogen and oxygen atoms in total. The van der Waals surface area contributed by atoms with Crippen LogP contribution in [-0.4, -0.2) is 0 Å². The van der Waals surface area contributed by atoms with Crippen LogP contribution >= 0.6 is 0 Å². The maximum Gasteiger partial charge on any atom is 0.0470 e. The molecule has 1 heterocycles. The second-order valence-electron chi connectivity index (χ2n) is 16.3. The highest BCUT2D eigenvalue weighted by atomic mass is 15.1. The number of fused-ring (bicyclic) bond motifs is 4. The molecule has 0 aliphatic carbocycles. The van der Waals surface area contributed by atoms with Gasteiger partial charge in [-0.05, 0) is 140 Å². The van der Waals surface area contributed by atoms with Crippen molar-refractivity contribution in [3.63, 3.8) is 0 Å². The van der Waals surface area contributed by atoms with E-state index in [-0.39, 0.29) is 0 Å². The fourth-order valence-corrected chi connectivity index (χ4v) is 9.47. The maximum atomic E-state index is 3.84. The van der Waals surface area contributed by atoms with Gasteiger partial charge in [-0.2, -0.15) is 0 Å². The van der Waals surface area contributed by atoms with E-state index < -0.39 is 0 Å². The highest BCUT2D eigenvalue weighted by Gasteiger charge is 2.22. The van der Waals surface area contributed by atoms with E-state index in [1.165, 1.54) is 65.7 Å². The lowest BCUT2D eigenvalue weighted by Crippen LogP contribution is -2.09. The monoisotopic (exact) mass is 803 g/mol. The minimum absolute atomic E-state index is 1.11. The van der Waals surface area contributed by atoms with E-state index >= 15 is 0 Å². The molecule has 11 aromatic carbocycles. The Bertz CT molecular complexity index is 3470. The summed E-state index contributed by atoms with van der Waals surface area (Å²) < 4.78 is 0. The third-order valence-corrected chi connectivity index (χ3v) is 12.5. The quantitative estimate of drug-likeness (QED) is 0.165. The van der Waals surface area contributed by atoms with Crippen LogP contribution in [0.2, 0.25) is 0 Å². The highest BCUT2D eigenvalue weighted by molar-refractivity contribution is 6.15. The van der Waals surface area contributed by atoms with E-state index in [4.69, 9.17) is 0 Å². The molecule has 63 heavy (non-hydrogen) atoms. The molecule has 0 spiro atoms. The van der Waals surface area contributed by atoms with Crippen molar-refractivity contribution < 1.29 is 0 Å². The zero-order valence-corrected chi connectivity index (χ0v) is 34.5. The molecular weight excluding hydrogens is 763 g/mol. The van der Waals surface area contributed by atoms with Gasteiger partial charge in [0, 0.05) is 56.4 Å². The summed E-state index contributed by atoms with van der Waals surface area (Å²) in [7, 11) is 0. The van der Waals surface area contributed by atoms with Gasteiger partial charge in [-0.25, -0.2) is 0 Å². The van der Waals surface area contributed by atoms with E-state index in [0.717, 1.165) is 45.5 Å². The Balaban J connectivity index is 0.859. The fraction of sp³-hybridized carbons (Fsp3) is 0. The standard InChI is InChI=1S/C60H41N3/c1-3-16-48(17-4-1)62(52-33-24-41-12-7-9-14-45(41)38-52)50-29-22-43(23-30-50)47-28-35-55-57-37-36-54(56-20-11-21-58(60(56)57)61-59(55)40-47)44-26-31-51(32-27-44)63(49-18-5-2-6-19-49)53-34-25-42-13-8-10-15-46(42)39-53/h1-40,61H. The fourth-order valence-electron chi connectivity index (χ4n) is 9.47. The van der Waals surface area contributed by atoms with Crippen LogP contribution in [0, 0.1) is 0 Å². The third-order valence-electron chi connectivity index (χ3n) is 12.5. The topological polar surface area (TPSA) is 18.5 Å². The number of rotatable bonds is 8. The predicted octanol–water partition coefficient (Wildman–Crippen LogP) is 17.1. The number of nitrogens with zero attached hydrogens (tertiary/aromatic N) is 2. The number of hydrogen-bond acceptors (Lipinski definition) is 3. The lowest BCUT2D eigenvalue weighted by Gasteiger charge is -2.26. The normalized spacial score (nSPS) is 11.6. The van der Waals surface area contributed by atoms with E-state index in [9.17, 15) is 0 Å². The van der Waals surface area contributed by atoms with Gasteiger partial charge in [0.05, 0.1) is 0 Å². The maximum absolute atomic E-state index is 3.84. The van der Waals surface area contributed by atoms with Gasteiger partial charge in [0.25, 0.3) is 0 Å². The second kappa shape index (κ2) is 15.3. The van der Waals surface area contributed by atoms with Crippen molar-refractivity contribution >= 4 is 77.8 Å². The predicted molar refractivity (Wildman–Crippen MR) is 268 cm³/mol. The summed E-state index contributed by atoms with van der Waals surface area (Å²) in [6.45, 7) is 0. The van der Waals surface area contributed by atoms with Gasteiger partial charge >= 0.3 is 0 Å². The molecule has 0 aromatic heterocycles. The molecule has 0 saturated heterocycles. The molecule has 0 radical (unpaired) electrons. The molecule has 0 bridgehead atoms. The van der Waals surface area contributed by atoms with Crippen LogP contribution in [-0.2, 0) is 0 Å². The van der Waals surface area contributed by atoms with Crippen molar-refractivity contribution in [2.24, 2.45) is 0 Å². The molecule has 0 fully saturated rings. The number of para-hydroxylation sites is 2. The summed E-state index contributed by atoms with van der Waals surface area (Å²) in [5, 5.41) is 11.2. The zero-order chi connectivity index (χ0) is 41.7. The Morgan fingerprint density at radius 3 is 1.30 bits per heavy atom. The van der Waals surface area contributed by atoms with E-state index in [1.54, 1.807) is 0 Å². The van der Waals surface area contributed by atoms with Gasteiger partial charge in [-0.15, -0.1) is 0 Å². The summed E-state index contributed by atoms with van der Waals surface area (Å²) in [6.07, 6.45) is 0. The van der Waals surface area contributed by atoms with E-state index in [2.05, 4.69) is 258 Å². The highest BCUT2D eigenvalue weighted by Crippen LogP contribution is 2.48. The number of benzene rings is 11. The van der Waals surface area contributed by atoms with Gasteiger partial charge in [0.1, 0.15) is 0 Å². The Kier molecular flexibility index (Phi) is 8.83. The largest absolute Gasteiger partial charge is 0.354 e. The number of hydrogen-bond donors (Lipinski definition) is 1. The van der Waals surface area contributed by atoms with Crippen LogP contribution in [0.25, 0.3) is 65.7 Å². The first-order valence-electron chi connectivity index (χ1n) is 21.6. The zero-order valence-electron chi connectivity index (χ0n) is 34.5. The smallest absolute Gasteiger partial charge is 0.0470 e. The summed E-state index contributed by atoms with van der Waals surface area (Å²) >= 11 is 0. The Labute approximate surface area is 367 Å².